The van der Waals surface area contributed by atoms with E-state index in [0.717, 1.165) is 32.1 Å². The molecule has 2 N–H and O–H groups in total. The minimum Gasteiger partial charge on any atom is -0.622 e. The number of para-hydroxylation sites is 1. The van der Waals surface area contributed by atoms with Gasteiger partial charge in [-0.3, -0.25) is 4.57 Å². The van der Waals surface area contributed by atoms with Crippen LogP contribution in [0.4, 0.5) is 5.82 Å². The normalized spacial score (nSPS) is 24.1. The van der Waals surface area contributed by atoms with Crippen LogP contribution in [0, 0.1) is 0 Å². The second-order valence-corrected chi connectivity index (χ2v) is 9.79. The van der Waals surface area contributed by atoms with E-state index < -0.39 is 25.7 Å². The summed E-state index contributed by atoms with van der Waals surface area (Å²) in [7, 11) is -3.66. The maximum atomic E-state index is 13.1. The Morgan fingerprint density at radius 3 is 2.75 bits per heavy atom. The van der Waals surface area contributed by atoms with Gasteiger partial charge in [0, 0.05) is 6.20 Å². The van der Waals surface area contributed by atoms with Crippen LogP contribution in [0.25, 0.3) is 0 Å². The number of hydrogen-bond donors (Lipinski definition) is 1. The summed E-state index contributed by atoms with van der Waals surface area (Å²) in [5.74, 6) is -0.256. The Labute approximate surface area is 185 Å². The molecular weight excluding hydrogens is 437 g/mol. The molecule has 0 spiro atoms. The highest BCUT2D eigenvalue weighted by molar-refractivity contribution is 7.59. The van der Waals surface area contributed by atoms with Gasteiger partial charge in [-0.2, -0.15) is 9.51 Å². The van der Waals surface area contributed by atoms with Crippen LogP contribution in [0.1, 0.15) is 42.5 Å². The van der Waals surface area contributed by atoms with Gasteiger partial charge in [-0.1, -0.05) is 18.6 Å². The van der Waals surface area contributed by atoms with Crippen LogP contribution in [0.2, 0.25) is 0 Å². The lowest BCUT2D eigenvalue weighted by molar-refractivity contribution is -0.229. The number of anilines is 1. The molecule has 1 aliphatic carbocycles. The predicted octanol–water partition coefficient (Wildman–Crippen LogP) is 1.89. The molecule has 2 fully saturated rings. The van der Waals surface area contributed by atoms with E-state index >= 15 is 0 Å². The third-order valence-corrected chi connectivity index (χ3v) is 6.87. The van der Waals surface area contributed by atoms with Crippen molar-refractivity contribution in [1.82, 2.24) is 9.55 Å². The number of carbonyl (C=O) groups is 1. The average molecular weight is 463 g/mol. The highest BCUT2D eigenvalue weighted by atomic mass is 31.2. The first-order chi connectivity index (χ1) is 15.4. The third kappa shape index (κ3) is 5.63. The van der Waals surface area contributed by atoms with Crippen molar-refractivity contribution >= 4 is 19.7 Å². The summed E-state index contributed by atoms with van der Waals surface area (Å²) >= 11 is 0. The summed E-state index contributed by atoms with van der Waals surface area (Å²) in [6.45, 7) is 0.110. The number of nitrogens with zero attached hydrogens (tertiary/aromatic N) is 2. The van der Waals surface area contributed by atoms with Gasteiger partial charge in [-0.15, -0.1) is 0 Å². The summed E-state index contributed by atoms with van der Waals surface area (Å²) in [4.78, 5) is 41.3. The Bertz CT molecular complexity index is 1000. The van der Waals surface area contributed by atoms with Crippen LogP contribution < -0.4 is 20.8 Å². The second kappa shape index (κ2) is 9.95. The largest absolute Gasteiger partial charge is 0.622 e. The fourth-order valence-electron chi connectivity index (χ4n) is 3.70. The summed E-state index contributed by atoms with van der Waals surface area (Å²) in [5, 5.41) is 0. The Balaban J connectivity index is 1.37. The minimum absolute atomic E-state index is 0.0528. The van der Waals surface area contributed by atoms with E-state index in [9.17, 15) is 14.5 Å². The molecule has 2 atom stereocenters. The van der Waals surface area contributed by atoms with Gasteiger partial charge < -0.3 is 24.6 Å². The molecule has 1 saturated heterocycles. The van der Waals surface area contributed by atoms with Crippen molar-refractivity contribution in [2.24, 2.45) is 0 Å². The lowest BCUT2D eigenvalue weighted by Crippen LogP contribution is -2.39. The van der Waals surface area contributed by atoms with E-state index in [2.05, 4.69) is 4.98 Å². The van der Waals surface area contributed by atoms with Gasteiger partial charge in [0.05, 0.1) is 6.54 Å². The van der Waals surface area contributed by atoms with Gasteiger partial charge in [-0.05, 0) is 43.9 Å². The number of nitrogen functional groups attached to an aromatic ring is 1. The first-order valence-electron chi connectivity index (χ1n) is 10.6. The predicted molar refractivity (Wildman–Crippen MR) is 115 cm³/mol. The molecule has 0 amide bonds. The molecule has 2 unspecified atom stereocenters. The average Bonchev–Trinajstić information content (AvgIpc) is 2.78. The third-order valence-electron chi connectivity index (χ3n) is 5.39. The number of aromatic nitrogens is 2. The Kier molecular flexibility index (Phi) is 7.05. The Morgan fingerprint density at radius 2 is 2.03 bits per heavy atom. The van der Waals surface area contributed by atoms with Gasteiger partial charge in [0.25, 0.3) is 0 Å². The molecule has 0 radical (unpaired) electrons. The molecule has 2 aliphatic rings. The molecule has 2 aromatic rings. The zero-order valence-corrected chi connectivity index (χ0v) is 18.4. The van der Waals surface area contributed by atoms with Crippen molar-refractivity contribution in [3.63, 3.8) is 0 Å². The van der Waals surface area contributed by atoms with Crippen LogP contribution >= 0.6 is 7.94 Å². The number of benzene rings is 1. The van der Waals surface area contributed by atoms with E-state index in [1.54, 1.807) is 24.3 Å². The van der Waals surface area contributed by atoms with E-state index in [0.29, 0.717) is 0 Å². The molecule has 2 heterocycles. The topological polar surface area (TPSA) is 138 Å². The highest BCUT2D eigenvalue weighted by Gasteiger charge is 2.40. The fourth-order valence-corrected chi connectivity index (χ4v) is 5.13. The number of esters is 1. The lowest BCUT2D eigenvalue weighted by atomic mass is 9.98. The molecule has 0 bridgehead atoms. The molecule has 1 aromatic heterocycles. The van der Waals surface area contributed by atoms with Crippen LogP contribution in [-0.4, -0.2) is 40.7 Å². The van der Waals surface area contributed by atoms with Crippen LogP contribution in [-0.2, 0) is 20.5 Å². The first-order valence-corrected chi connectivity index (χ1v) is 12.3. The molecule has 32 heavy (non-hydrogen) atoms. The zero-order chi connectivity index (χ0) is 22.6. The number of nitrogens with two attached hydrogens (primary N) is 1. The Hall–Kier alpha value is -2.52. The van der Waals surface area contributed by atoms with Crippen LogP contribution in [0.5, 0.6) is 5.75 Å². The van der Waals surface area contributed by atoms with Crippen molar-refractivity contribution in [3.8, 4) is 5.75 Å². The molecule has 1 aromatic carbocycles. The van der Waals surface area contributed by atoms with E-state index in [4.69, 9.17) is 24.3 Å². The number of hydrogen-bond acceptors (Lipinski definition) is 9. The summed E-state index contributed by atoms with van der Waals surface area (Å²) in [6, 6.07) is 7.98. The smallest absolute Gasteiger partial charge is 0.349 e. The minimum atomic E-state index is -3.66. The van der Waals surface area contributed by atoms with Gasteiger partial charge in [-0.25, -0.2) is 9.59 Å². The van der Waals surface area contributed by atoms with Gasteiger partial charge in [0.1, 0.15) is 30.2 Å². The Morgan fingerprint density at radius 1 is 1.25 bits per heavy atom. The van der Waals surface area contributed by atoms with Crippen molar-refractivity contribution in [3.05, 3.63) is 52.6 Å². The van der Waals surface area contributed by atoms with Crippen molar-refractivity contribution in [1.29, 1.82) is 0 Å². The fraction of sp³-hybridized carbons (Fsp3) is 0.476. The van der Waals surface area contributed by atoms with Gasteiger partial charge >= 0.3 is 19.6 Å². The lowest BCUT2D eigenvalue weighted by Gasteiger charge is -2.34. The van der Waals surface area contributed by atoms with E-state index in [1.165, 1.54) is 16.8 Å². The summed E-state index contributed by atoms with van der Waals surface area (Å²) in [5.41, 5.74) is 5.17. The van der Waals surface area contributed by atoms with Crippen LogP contribution in [0.3, 0.4) is 0 Å². The van der Waals surface area contributed by atoms with Crippen molar-refractivity contribution in [2.75, 3.05) is 18.7 Å². The molecule has 1 saturated carbocycles. The number of rotatable bonds is 6. The highest BCUT2D eigenvalue weighted by Crippen LogP contribution is 2.55. The van der Waals surface area contributed by atoms with E-state index in [1.807, 2.05) is 0 Å². The zero-order valence-electron chi connectivity index (χ0n) is 17.6. The quantitative estimate of drug-likeness (QED) is 0.503. The first kappa shape index (κ1) is 22.7. The maximum absolute atomic E-state index is 13.1. The van der Waals surface area contributed by atoms with Gasteiger partial charge in [0.2, 0.25) is 6.35 Å². The summed E-state index contributed by atoms with van der Waals surface area (Å²) in [6.07, 6.45) is 5.48. The monoisotopic (exact) mass is 463 g/mol. The second-order valence-electron chi connectivity index (χ2n) is 7.86. The van der Waals surface area contributed by atoms with E-state index in [-0.39, 0.29) is 42.7 Å². The molecule has 11 heteroatoms. The number of carbonyl (C=O) groups excluding carboxylic acids is 1. The SMILES string of the molecule is Nc1ccn(CC2CO[P+]([O-])(Oc3ccccc3C(=O)OC3CCCCC3)CO2)c(=O)n1. The molecule has 10 nitrogen and oxygen atoms in total. The van der Waals surface area contributed by atoms with Crippen LogP contribution in [0.15, 0.2) is 41.3 Å². The molecule has 1 aliphatic heterocycles. The summed E-state index contributed by atoms with van der Waals surface area (Å²) < 4.78 is 23.7. The standard InChI is InChI=1S/C21H26N3O7P/c22-19-10-11-24(21(26)23-19)12-16-13-29-32(27,14-28-16)31-18-9-5-4-8-17(18)20(25)30-15-6-2-1-3-7-15/h4-5,8-11,15-16H,1-3,6-7,12-14H2,(H2,22,23,26). The van der Waals surface area contributed by atoms with Gasteiger partial charge in [0.15, 0.2) is 5.75 Å². The van der Waals surface area contributed by atoms with Crippen molar-refractivity contribution < 1.29 is 28.2 Å². The molecule has 172 valence electrons. The maximum Gasteiger partial charge on any atom is 0.349 e. The molecule has 4 rings (SSSR count). The number of ether oxygens (including phenoxy) is 2. The molecular formula is C21H26N3O7P. The van der Waals surface area contributed by atoms with Crippen molar-refractivity contribution in [2.45, 2.75) is 50.9 Å².